The summed E-state index contributed by atoms with van der Waals surface area (Å²) >= 11 is 0. The number of nitriles is 1. The average Bonchev–Trinajstić information content (AvgIpc) is 2.41. The van der Waals surface area contributed by atoms with E-state index in [1.54, 1.807) is 6.34 Å². The molecule has 6 heteroatoms. The van der Waals surface area contributed by atoms with Crippen molar-refractivity contribution in [2.45, 2.75) is 33.2 Å². The fourth-order valence-electron chi connectivity index (χ4n) is 1.92. The van der Waals surface area contributed by atoms with E-state index in [4.69, 9.17) is 10.00 Å². The number of hydrogen-bond acceptors (Lipinski definition) is 4. The molecule has 1 unspecified atom stereocenters. The van der Waals surface area contributed by atoms with Crippen LogP contribution in [-0.2, 0) is 9.53 Å². The Kier molecular flexibility index (Phi) is 5.96. The largest absolute Gasteiger partial charge is 0.378 e. The van der Waals surface area contributed by atoms with Crippen molar-refractivity contribution in [1.82, 2.24) is 9.80 Å². The normalized spacial score (nSPS) is 17.9. The predicted molar refractivity (Wildman–Crippen MR) is 77.1 cm³/mol. The Balaban J connectivity index is 2.74. The second kappa shape index (κ2) is 7.25. The molecule has 112 valence electrons. The van der Waals surface area contributed by atoms with Crippen LogP contribution in [0.15, 0.2) is 4.99 Å². The van der Waals surface area contributed by atoms with Crippen LogP contribution < -0.4 is 0 Å². The summed E-state index contributed by atoms with van der Waals surface area (Å²) < 4.78 is 5.27. The molecule has 0 aromatic carbocycles. The quantitative estimate of drug-likeness (QED) is 0.334. The summed E-state index contributed by atoms with van der Waals surface area (Å²) in [5.74, 6) is -0.257. The van der Waals surface area contributed by atoms with Crippen molar-refractivity contribution in [2.75, 3.05) is 33.4 Å². The standard InChI is InChI=1S/C14H24N4O2/c1-14(2,3)9-12(13(19)17(4)10-15)16-11-18-5-7-20-8-6-18/h11-12H,5-9H2,1-4H3. The van der Waals surface area contributed by atoms with E-state index < -0.39 is 6.04 Å². The Morgan fingerprint density at radius 3 is 2.60 bits per heavy atom. The van der Waals surface area contributed by atoms with Crippen LogP contribution >= 0.6 is 0 Å². The molecule has 0 aliphatic carbocycles. The molecule has 0 bridgehead atoms. The van der Waals surface area contributed by atoms with Crippen molar-refractivity contribution >= 4 is 12.2 Å². The Morgan fingerprint density at radius 1 is 1.50 bits per heavy atom. The number of carbonyl (C=O) groups excluding carboxylic acids is 1. The Bertz CT molecular complexity index is 389. The summed E-state index contributed by atoms with van der Waals surface area (Å²) in [6, 6.07) is -0.512. The van der Waals surface area contributed by atoms with Gasteiger partial charge in [0, 0.05) is 20.1 Å². The lowest BCUT2D eigenvalue weighted by Gasteiger charge is -2.27. The van der Waals surface area contributed by atoms with E-state index in [2.05, 4.69) is 25.8 Å². The van der Waals surface area contributed by atoms with E-state index in [1.165, 1.54) is 7.05 Å². The van der Waals surface area contributed by atoms with Gasteiger partial charge in [-0.25, -0.2) is 0 Å². The van der Waals surface area contributed by atoms with Gasteiger partial charge in [-0.3, -0.25) is 14.7 Å². The molecule has 0 aromatic heterocycles. The number of ether oxygens (including phenoxy) is 1. The molecule has 1 aliphatic rings. The minimum atomic E-state index is -0.512. The van der Waals surface area contributed by atoms with Gasteiger partial charge in [-0.05, 0) is 11.8 Å². The number of morpholine rings is 1. The Morgan fingerprint density at radius 2 is 2.10 bits per heavy atom. The number of hydrogen-bond donors (Lipinski definition) is 0. The van der Waals surface area contributed by atoms with Crippen LogP contribution in [0.2, 0.25) is 0 Å². The number of rotatable bonds is 4. The first-order valence-corrected chi connectivity index (χ1v) is 6.86. The zero-order valence-electron chi connectivity index (χ0n) is 12.8. The zero-order chi connectivity index (χ0) is 15.2. The third kappa shape index (κ3) is 5.57. The summed E-state index contributed by atoms with van der Waals surface area (Å²) in [4.78, 5) is 19.7. The van der Waals surface area contributed by atoms with E-state index >= 15 is 0 Å². The topological polar surface area (TPSA) is 68.9 Å². The summed E-state index contributed by atoms with van der Waals surface area (Å²) in [5.41, 5.74) is -0.0288. The highest BCUT2D eigenvalue weighted by atomic mass is 16.5. The van der Waals surface area contributed by atoms with Crippen molar-refractivity contribution in [2.24, 2.45) is 10.4 Å². The van der Waals surface area contributed by atoms with Crippen LogP contribution in [0.3, 0.4) is 0 Å². The van der Waals surface area contributed by atoms with Gasteiger partial charge < -0.3 is 9.64 Å². The molecule has 1 saturated heterocycles. The van der Waals surface area contributed by atoms with Crippen LogP contribution in [0.1, 0.15) is 27.2 Å². The average molecular weight is 280 g/mol. The molecule has 6 nitrogen and oxygen atoms in total. The highest BCUT2D eigenvalue weighted by Crippen LogP contribution is 2.23. The second-order valence-corrected chi connectivity index (χ2v) is 6.19. The predicted octanol–water partition coefficient (Wildman–Crippen LogP) is 1.09. The minimum absolute atomic E-state index is 0.0288. The minimum Gasteiger partial charge on any atom is -0.378 e. The van der Waals surface area contributed by atoms with Gasteiger partial charge in [0.25, 0.3) is 5.91 Å². The molecule has 1 heterocycles. The van der Waals surface area contributed by atoms with E-state index in [9.17, 15) is 4.79 Å². The fourth-order valence-corrected chi connectivity index (χ4v) is 1.92. The van der Waals surface area contributed by atoms with E-state index in [0.717, 1.165) is 18.0 Å². The molecule has 1 atom stereocenters. The van der Waals surface area contributed by atoms with Crippen LogP contribution in [0.4, 0.5) is 0 Å². The maximum absolute atomic E-state index is 12.2. The zero-order valence-corrected chi connectivity index (χ0v) is 12.8. The maximum atomic E-state index is 12.2. The third-order valence-electron chi connectivity index (χ3n) is 3.03. The van der Waals surface area contributed by atoms with Crippen molar-refractivity contribution in [3.63, 3.8) is 0 Å². The summed E-state index contributed by atoms with van der Waals surface area (Å²) in [7, 11) is 1.47. The second-order valence-electron chi connectivity index (χ2n) is 6.19. The molecule has 0 saturated carbocycles. The molecule has 0 N–H and O–H groups in total. The first-order chi connectivity index (χ1) is 9.33. The number of nitrogens with zero attached hydrogens (tertiary/aromatic N) is 4. The van der Waals surface area contributed by atoms with Crippen LogP contribution in [-0.4, -0.2) is 61.4 Å². The molecule has 1 rings (SSSR count). The lowest BCUT2D eigenvalue weighted by Crippen LogP contribution is -2.38. The molecule has 0 radical (unpaired) electrons. The fraction of sp³-hybridized carbons (Fsp3) is 0.786. The molecule has 0 aromatic rings. The molecule has 1 fully saturated rings. The van der Waals surface area contributed by atoms with Crippen LogP contribution in [0.25, 0.3) is 0 Å². The first-order valence-electron chi connectivity index (χ1n) is 6.86. The maximum Gasteiger partial charge on any atom is 0.260 e. The monoisotopic (exact) mass is 280 g/mol. The van der Waals surface area contributed by atoms with E-state index in [1.807, 2.05) is 11.1 Å². The number of amides is 1. The Labute approximate surface area is 121 Å². The molecular formula is C14H24N4O2. The molecule has 1 aliphatic heterocycles. The Hall–Kier alpha value is -1.61. The van der Waals surface area contributed by atoms with Gasteiger partial charge in [0.2, 0.25) is 0 Å². The molecule has 20 heavy (non-hydrogen) atoms. The van der Waals surface area contributed by atoms with Gasteiger partial charge in [0.1, 0.15) is 6.04 Å². The van der Waals surface area contributed by atoms with Gasteiger partial charge in [-0.1, -0.05) is 20.8 Å². The van der Waals surface area contributed by atoms with Crippen molar-refractivity contribution < 1.29 is 9.53 Å². The SMILES string of the molecule is CN(C#N)C(=O)C(CC(C)(C)C)N=CN1CCOCC1. The smallest absolute Gasteiger partial charge is 0.260 e. The van der Waals surface area contributed by atoms with Gasteiger partial charge in [-0.15, -0.1) is 0 Å². The lowest BCUT2D eigenvalue weighted by atomic mass is 9.88. The number of carbonyl (C=O) groups is 1. The van der Waals surface area contributed by atoms with Crippen molar-refractivity contribution in [3.8, 4) is 6.19 Å². The van der Waals surface area contributed by atoms with Crippen LogP contribution in [0, 0.1) is 16.9 Å². The lowest BCUT2D eigenvalue weighted by molar-refractivity contribution is -0.129. The summed E-state index contributed by atoms with van der Waals surface area (Å²) in [6.45, 7) is 9.11. The van der Waals surface area contributed by atoms with Crippen molar-refractivity contribution in [1.29, 1.82) is 5.26 Å². The highest BCUT2D eigenvalue weighted by molar-refractivity contribution is 5.84. The first kappa shape index (κ1) is 16.4. The third-order valence-corrected chi connectivity index (χ3v) is 3.03. The van der Waals surface area contributed by atoms with E-state index in [0.29, 0.717) is 19.6 Å². The molecule has 1 amide bonds. The van der Waals surface area contributed by atoms with Gasteiger partial charge in [-0.2, -0.15) is 5.26 Å². The number of likely N-dealkylation sites (N-methyl/N-ethyl adjacent to an activating group) is 1. The molecular weight excluding hydrogens is 256 g/mol. The van der Waals surface area contributed by atoms with Gasteiger partial charge in [0.15, 0.2) is 6.19 Å². The number of aliphatic imine (C=N–C) groups is 1. The van der Waals surface area contributed by atoms with E-state index in [-0.39, 0.29) is 11.3 Å². The highest BCUT2D eigenvalue weighted by Gasteiger charge is 2.26. The molecule has 0 spiro atoms. The van der Waals surface area contributed by atoms with Crippen molar-refractivity contribution in [3.05, 3.63) is 0 Å². The van der Waals surface area contributed by atoms with Gasteiger partial charge in [0.05, 0.1) is 19.6 Å². The van der Waals surface area contributed by atoms with Gasteiger partial charge >= 0.3 is 0 Å². The summed E-state index contributed by atoms with van der Waals surface area (Å²) in [6.07, 6.45) is 4.18. The summed E-state index contributed by atoms with van der Waals surface area (Å²) in [5, 5.41) is 8.85. The van der Waals surface area contributed by atoms with Crippen LogP contribution in [0.5, 0.6) is 0 Å².